The number of rotatable bonds is 0. The second-order valence-corrected chi connectivity index (χ2v) is 3.83. The van der Waals surface area contributed by atoms with Crippen molar-refractivity contribution in [2.75, 3.05) is 5.75 Å². The molecule has 0 aliphatic carbocycles. The maximum Gasteiger partial charge on any atom is 0.0507 e. The average Bonchev–Trinajstić information content (AvgIpc) is 1.77. The minimum Gasteiger partial charge on any atom is -0.319 e. The fourth-order valence-electron chi connectivity index (χ4n) is 0.903. The second-order valence-electron chi connectivity index (χ2n) is 2.55. The van der Waals surface area contributed by atoms with Crippen molar-refractivity contribution in [1.82, 2.24) is 0 Å². The molecule has 0 saturated carbocycles. The molecule has 0 spiro atoms. The summed E-state index contributed by atoms with van der Waals surface area (Å²) >= 11 is 1.90. The third-order valence-electron chi connectivity index (χ3n) is 1.54. The highest BCUT2D eigenvalue weighted by Crippen LogP contribution is 2.25. The zero-order chi connectivity index (χ0) is 5.98. The van der Waals surface area contributed by atoms with Crippen LogP contribution in [0.4, 0.5) is 0 Å². The molecule has 2 N–H and O–H groups in total. The molecule has 2 atom stereocenters. The fourth-order valence-corrected chi connectivity index (χ4v) is 1.95. The van der Waals surface area contributed by atoms with Gasteiger partial charge in [-0.05, 0) is 24.5 Å². The zero-order valence-corrected chi connectivity index (χ0v) is 6.08. The van der Waals surface area contributed by atoms with Gasteiger partial charge in [-0.1, -0.05) is 6.92 Å². The van der Waals surface area contributed by atoms with E-state index in [0.717, 1.165) is 5.92 Å². The first kappa shape index (κ1) is 6.43. The SMILES string of the molecule is CC1CCC(N)SC1. The van der Waals surface area contributed by atoms with E-state index < -0.39 is 0 Å². The van der Waals surface area contributed by atoms with Crippen molar-refractivity contribution in [3.05, 3.63) is 0 Å². The van der Waals surface area contributed by atoms with Gasteiger partial charge in [0.1, 0.15) is 0 Å². The Balaban J connectivity index is 2.19. The second kappa shape index (κ2) is 2.74. The lowest BCUT2D eigenvalue weighted by Gasteiger charge is -2.21. The monoisotopic (exact) mass is 131 g/mol. The summed E-state index contributed by atoms with van der Waals surface area (Å²) in [4.78, 5) is 0. The molecule has 0 aromatic heterocycles. The van der Waals surface area contributed by atoms with Crippen LogP contribution in [0.15, 0.2) is 0 Å². The van der Waals surface area contributed by atoms with E-state index in [-0.39, 0.29) is 0 Å². The first-order valence-corrected chi connectivity index (χ1v) is 4.21. The Kier molecular flexibility index (Phi) is 2.20. The number of hydrogen-bond acceptors (Lipinski definition) is 2. The zero-order valence-electron chi connectivity index (χ0n) is 5.26. The third kappa shape index (κ3) is 1.67. The average molecular weight is 131 g/mol. The molecule has 48 valence electrons. The normalized spacial score (nSPS) is 39.8. The largest absolute Gasteiger partial charge is 0.319 e. The Hall–Kier alpha value is 0.310. The Morgan fingerprint density at radius 1 is 1.50 bits per heavy atom. The minimum atomic E-state index is 0.436. The molecule has 1 heterocycles. The van der Waals surface area contributed by atoms with Crippen molar-refractivity contribution in [2.45, 2.75) is 25.1 Å². The Bertz CT molecular complexity index is 56.9. The highest BCUT2D eigenvalue weighted by Gasteiger charge is 2.13. The molecule has 0 radical (unpaired) electrons. The van der Waals surface area contributed by atoms with Crippen molar-refractivity contribution in [3.8, 4) is 0 Å². The molecule has 1 fully saturated rings. The number of hydrogen-bond donors (Lipinski definition) is 1. The van der Waals surface area contributed by atoms with E-state index in [1.54, 1.807) is 0 Å². The minimum absolute atomic E-state index is 0.436. The molecule has 1 aliphatic rings. The molecule has 0 aromatic carbocycles. The van der Waals surface area contributed by atoms with Crippen LogP contribution in [0.3, 0.4) is 0 Å². The van der Waals surface area contributed by atoms with Crippen LogP contribution in [-0.2, 0) is 0 Å². The molecule has 2 heteroatoms. The van der Waals surface area contributed by atoms with Crippen LogP contribution in [0.2, 0.25) is 0 Å². The molecule has 1 rings (SSSR count). The van der Waals surface area contributed by atoms with Crippen LogP contribution < -0.4 is 5.73 Å². The molecule has 0 aromatic rings. The van der Waals surface area contributed by atoms with Gasteiger partial charge in [-0.3, -0.25) is 0 Å². The highest BCUT2D eigenvalue weighted by molar-refractivity contribution is 7.99. The van der Waals surface area contributed by atoms with Crippen molar-refractivity contribution in [1.29, 1.82) is 0 Å². The first-order chi connectivity index (χ1) is 3.79. The smallest absolute Gasteiger partial charge is 0.0507 e. The van der Waals surface area contributed by atoms with E-state index in [4.69, 9.17) is 5.73 Å². The van der Waals surface area contributed by atoms with Crippen LogP contribution in [0.25, 0.3) is 0 Å². The van der Waals surface area contributed by atoms with E-state index in [0.29, 0.717) is 5.37 Å². The fraction of sp³-hybridized carbons (Fsp3) is 1.00. The molecular weight excluding hydrogens is 118 g/mol. The van der Waals surface area contributed by atoms with E-state index in [2.05, 4.69) is 6.92 Å². The lowest BCUT2D eigenvalue weighted by Crippen LogP contribution is -2.23. The topological polar surface area (TPSA) is 26.0 Å². The summed E-state index contributed by atoms with van der Waals surface area (Å²) in [5.74, 6) is 2.17. The van der Waals surface area contributed by atoms with Crippen molar-refractivity contribution in [2.24, 2.45) is 11.7 Å². The standard InChI is InChI=1S/C6H13NS/c1-5-2-3-6(7)8-4-5/h5-6H,2-4,7H2,1H3. The molecular formula is C6H13NS. The van der Waals surface area contributed by atoms with Gasteiger partial charge in [-0.2, -0.15) is 0 Å². The predicted molar refractivity (Wildman–Crippen MR) is 38.8 cm³/mol. The Labute approximate surface area is 55.0 Å². The molecule has 0 bridgehead atoms. The van der Waals surface area contributed by atoms with Crippen LogP contribution >= 0.6 is 11.8 Å². The van der Waals surface area contributed by atoms with Gasteiger partial charge in [-0.15, -0.1) is 11.8 Å². The van der Waals surface area contributed by atoms with E-state index in [1.165, 1.54) is 18.6 Å². The summed E-state index contributed by atoms with van der Waals surface area (Å²) in [5.41, 5.74) is 5.66. The van der Waals surface area contributed by atoms with Gasteiger partial charge >= 0.3 is 0 Å². The summed E-state index contributed by atoms with van der Waals surface area (Å²) < 4.78 is 0. The van der Waals surface area contributed by atoms with Gasteiger partial charge in [0.05, 0.1) is 5.37 Å². The molecule has 0 amide bonds. The van der Waals surface area contributed by atoms with Crippen molar-refractivity contribution >= 4 is 11.8 Å². The van der Waals surface area contributed by atoms with E-state index >= 15 is 0 Å². The van der Waals surface area contributed by atoms with Gasteiger partial charge in [-0.25, -0.2) is 0 Å². The maximum absolute atomic E-state index is 5.66. The highest BCUT2D eigenvalue weighted by atomic mass is 32.2. The molecule has 1 aliphatic heterocycles. The maximum atomic E-state index is 5.66. The van der Waals surface area contributed by atoms with Gasteiger partial charge in [0.15, 0.2) is 0 Å². The van der Waals surface area contributed by atoms with E-state index in [9.17, 15) is 0 Å². The van der Waals surface area contributed by atoms with Gasteiger partial charge in [0, 0.05) is 0 Å². The summed E-state index contributed by atoms with van der Waals surface area (Å²) in [6.07, 6.45) is 2.54. The number of thioether (sulfide) groups is 1. The van der Waals surface area contributed by atoms with Crippen molar-refractivity contribution < 1.29 is 0 Å². The summed E-state index contributed by atoms with van der Waals surface area (Å²) in [7, 11) is 0. The van der Waals surface area contributed by atoms with Crippen LogP contribution in [0, 0.1) is 5.92 Å². The first-order valence-electron chi connectivity index (χ1n) is 3.16. The Morgan fingerprint density at radius 3 is 2.62 bits per heavy atom. The molecule has 8 heavy (non-hydrogen) atoms. The predicted octanol–water partition coefficient (Wildman–Crippen LogP) is 1.43. The third-order valence-corrected chi connectivity index (χ3v) is 2.96. The van der Waals surface area contributed by atoms with Crippen LogP contribution in [-0.4, -0.2) is 11.1 Å². The summed E-state index contributed by atoms with van der Waals surface area (Å²) in [6, 6.07) is 0. The van der Waals surface area contributed by atoms with Gasteiger partial charge < -0.3 is 5.73 Å². The molecule has 2 unspecified atom stereocenters. The molecule has 1 nitrogen and oxygen atoms in total. The van der Waals surface area contributed by atoms with Gasteiger partial charge in [0.2, 0.25) is 0 Å². The lowest BCUT2D eigenvalue weighted by atomic mass is 10.1. The Morgan fingerprint density at radius 2 is 2.25 bits per heavy atom. The van der Waals surface area contributed by atoms with Crippen LogP contribution in [0.1, 0.15) is 19.8 Å². The van der Waals surface area contributed by atoms with Crippen molar-refractivity contribution in [3.63, 3.8) is 0 Å². The summed E-state index contributed by atoms with van der Waals surface area (Å²) in [6.45, 7) is 2.29. The number of nitrogens with two attached hydrogens (primary N) is 1. The lowest BCUT2D eigenvalue weighted by molar-refractivity contribution is 0.536. The molecule has 1 saturated heterocycles. The summed E-state index contributed by atoms with van der Waals surface area (Å²) in [5, 5.41) is 0.436. The quantitative estimate of drug-likeness (QED) is 0.538. The van der Waals surface area contributed by atoms with E-state index in [1.807, 2.05) is 11.8 Å². The van der Waals surface area contributed by atoms with Crippen LogP contribution in [0.5, 0.6) is 0 Å². The van der Waals surface area contributed by atoms with Gasteiger partial charge in [0.25, 0.3) is 0 Å².